The Bertz CT molecular complexity index is 417. The molecular weight excluding hydrogens is 258 g/mol. The quantitative estimate of drug-likeness (QED) is 0.753. The van der Waals surface area contributed by atoms with E-state index in [-0.39, 0.29) is 6.04 Å². The largest absolute Gasteiger partial charge is 0.480 e. The zero-order chi connectivity index (χ0) is 14.5. The van der Waals surface area contributed by atoms with Crippen LogP contribution in [0.15, 0.2) is 29.2 Å². The molecule has 0 saturated carbocycles. The second-order valence-electron chi connectivity index (χ2n) is 5.35. The highest BCUT2D eigenvalue weighted by Crippen LogP contribution is 2.22. The van der Waals surface area contributed by atoms with E-state index in [4.69, 9.17) is 0 Å². The zero-order valence-corrected chi connectivity index (χ0v) is 12.9. The number of carboxylic acids is 1. The van der Waals surface area contributed by atoms with Crippen molar-refractivity contribution in [2.24, 2.45) is 0 Å². The van der Waals surface area contributed by atoms with Crippen molar-refractivity contribution in [2.45, 2.75) is 50.6 Å². The molecule has 0 radical (unpaired) electrons. The number of carboxylic acid groups (broad SMARTS) is 1. The van der Waals surface area contributed by atoms with Gasteiger partial charge in [0.1, 0.15) is 5.54 Å². The third-order valence-corrected chi connectivity index (χ3v) is 3.98. The Hall–Kier alpha value is -1.00. The second kappa shape index (κ2) is 6.96. The summed E-state index contributed by atoms with van der Waals surface area (Å²) in [7, 11) is 0. The Morgan fingerprint density at radius 1 is 1.37 bits per heavy atom. The van der Waals surface area contributed by atoms with Crippen molar-refractivity contribution in [3.8, 4) is 0 Å². The summed E-state index contributed by atoms with van der Waals surface area (Å²) in [5.41, 5.74) is 0.382. The molecule has 1 rings (SSSR count). The van der Waals surface area contributed by atoms with E-state index in [1.807, 2.05) is 13.8 Å². The highest BCUT2D eigenvalue weighted by atomic mass is 32.2. The minimum Gasteiger partial charge on any atom is -0.480 e. The van der Waals surface area contributed by atoms with Crippen LogP contribution < -0.4 is 5.32 Å². The van der Waals surface area contributed by atoms with Crippen LogP contribution in [-0.2, 0) is 4.79 Å². The first-order valence-electron chi connectivity index (χ1n) is 6.54. The van der Waals surface area contributed by atoms with Crippen molar-refractivity contribution in [3.63, 3.8) is 0 Å². The molecule has 1 aromatic carbocycles. The average Bonchev–Trinajstić information content (AvgIpc) is 2.30. The average molecular weight is 281 g/mol. The van der Waals surface area contributed by atoms with Gasteiger partial charge in [-0.3, -0.25) is 10.1 Å². The van der Waals surface area contributed by atoms with E-state index in [1.54, 1.807) is 18.7 Å². The third kappa shape index (κ3) is 5.25. The lowest BCUT2D eigenvalue weighted by Crippen LogP contribution is -2.52. The molecule has 0 spiro atoms. The summed E-state index contributed by atoms with van der Waals surface area (Å²) in [5.74, 6) is -0.00307. The number of aliphatic carboxylic acids is 1. The molecule has 3 nitrogen and oxygen atoms in total. The lowest BCUT2D eigenvalue weighted by molar-refractivity contribution is -0.144. The van der Waals surface area contributed by atoms with Crippen LogP contribution in [0.1, 0.15) is 32.8 Å². The molecule has 0 aromatic heterocycles. The molecule has 0 aliphatic heterocycles. The lowest BCUT2D eigenvalue weighted by Gasteiger charge is -2.28. The number of carbonyl (C=O) groups is 1. The van der Waals surface area contributed by atoms with Crippen molar-refractivity contribution >= 4 is 17.7 Å². The van der Waals surface area contributed by atoms with Gasteiger partial charge in [-0.1, -0.05) is 17.7 Å². The van der Waals surface area contributed by atoms with Gasteiger partial charge in [-0.15, -0.1) is 11.8 Å². The second-order valence-corrected chi connectivity index (χ2v) is 6.52. The highest BCUT2D eigenvalue weighted by Gasteiger charge is 2.32. The van der Waals surface area contributed by atoms with Crippen LogP contribution in [0.4, 0.5) is 0 Å². The fourth-order valence-electron chi connectivity index (χ4n) is 1.89. The molecule has 106 valence electrons. The van der Waals surface area contributed by atoms with Crippen LogP contribution in [0.5, 0.6) is 0 Å². The first kappa shape index (κ1) is 16.1. The van der Waals surface area contributed by atoms with Crippen LogP contribution in [0.3, 0.4) is 0 Å². The predicted octanol–water partition coefficient (Wildman–Crippen LogP) is 3.32. The Kier molecular flexibility index (Phi) is 5.88. The maximum atomic E-state index is 11.4. The normalized spacial score (nSPS) is 14.4. The summed E-state index contributed by atoms with van der Waals surface area (Å²) in [5, 5.41) is 12.5. The predicted molar refractivity (Wildman–Crippen MR) is 80.8 cm³/mol. The Morgan fingerprint density at radius 3 is 2.42 bits per heavy atom. The van der Waals surface area contributed by atoms with E-state index in [0.29, 0.717) is 6.42 Å². The van der Waals surface area contributed by atoms with Gasteiger partial charge in [-0.2, -0.15) is 0 Å². The first-order chi connectivity index (χ1) is 8.83. The number of benzene rings is 1. The van der Waals surface area contributed by atoms with Gasteiger partial charge < -0.3 is 5.11 Å². The molecule has 4 heteroatoms. The smallest absolute Gasteiger partial charge is 0.323 e. The fraction of sp³-hybridized carbons (Fsp3) is 0.533. The van der Waals surface area contributed by atoms with E-state index < -0.39 is 11.5 Å². The minimum absolute atomic E-state index is 0.158. The molecule has 0 amide bonds. The Balaban J connectivity index is 2.53. The molecule has 1 unspecified atom stereocenters. The number of aryl methyl sites for hydroxylation is 1. The van der Waals surface area contributed by atoms with Crippen LogP contribution >= 0.6 is 11.8 Å². The maximum Gasteiger partial charge on any atom is 0.323 e. The van der Waals surface area contributed by atoms with Gasteiger partial charge in [0.05, 0.1) is 0 Å². The summed E-state index contributed by atoms with van der Waals surface area (Å²) in [6.45, 7) is 7.75. The topological polar surface area (TPSA) is 49.3 Å². The van der Waals surface area contributed by atoms with Gasteiger partial charge in [-0.05, 0) is 46.2 Å². The van der Waals surface area contributed by atoms with Crippen LogP contribution in [-0.4, -0.2) is 28.4 Å². The summed E-state index contributed by atoms with van der Waals surface area (Å²) in [6, 6.07) is 8.46. The van der Waals surface area contributed by atoms with Gasteiger partial charge in [-0.25, -0.2) is 0 Å². The summed E-state index contributed by atoms with van der Waals surface area (Å²) in [6.07, 6.45) is 0.596. The number of nitrogens with one attached hydrogen (secondary N) is 1. The van der Waals surface area contributed by atoms with Gasteiger partial charge in [0.15, 0.2) is 0 Å². The maximum absolute atomic E-state index is 11.4. The molecule has 0 fully saturated rings. The molecule has 0 aliphatic carbocycles. The number of rotatable bonds is 7. The number of hydrogen-bond acceptors (Lipinski definition) is 3. The van der Waals surface area contributed by atoms with Gasteiger partial charge in [0.2, 0.25) is 0 Å². The molecule has 0 heterocycles. The summed E-state index contributed by atoms with van der Waals surface area (Å²) in [4.78, 5) is 12.6. The van der Waals surface area contributed by atoms with Gasteiger partial charge in [0.25, 0.3) is 0 Å². The third-order valence-electron chi connectivity index (χ3n) is 2.97. The van der Waals surface area contributed by atoms with E-state index in [1.165, 1.54) is 10.5 Å². The van der Waals surface area contributed by atoms with Crippen LogP contribution in [0, 0.1) is 6.92 Å². The van der Waals surface area contributed by atoms with Crippen molar-refractivity contribution in [2.75, 3.05) is 5.75 Å². The van der Waals surface area contributed by atoms with E-state index in [2.05, 4.69) is 36.5 Å². The van der Waals surface area contributed by atoms with Gasteiger partial charge >= 0.3 is 5.97 Å². The van der Waals surface area contributed by atoms with Gasteiger partial charge in [0, 0.05) is 16.7 Å². The summed E-state index contributed by atoms with van der Waals surface area (Å²) >= 11 is 1.70. The van der Waals surface area contributed by atoms with E-state index >= 15 is 0 Å². The van der Waals surface area contributed by atoms with E-state index in [9.17, 15) is 9.90 Å². The molecule has 1 atom stereocenters. The zero-order valence-electron chi connectivity index (χ0n) is 12.1. The molecule has 0 bridgehead atoms. The highest BCUT2D eigenvalue weighted by molar-refractivity contribution is 7.99. The SMILES string of the molecule is Cc1ccc(SCCC(C)(NC(C)C)C(=O)O)cc1. The molecular formula is C15H23NO2S. The molecule has 19 heavy (non-hydrogen) atoms. The Morgan fingerprint density at radius 2 is 1.95 bits per heavy atom. The molecule has 0 saturated heterocycles. The molecule has 1 aromatic rings. The molecule has 0 aliphatic rings. The van der Waals surface area contributed by atoms with Crippen molar-refractivity contribution in [1.82, 2.24) is 5.32 Å². The van der Waals surface area contributed by atoms with Crippen molar-refractivity contribution in [3.05, 3.63) is 29.8 Å². The minimum atomic E-state index is -0.855. The number of hydrogen-bond donors (Lipinski definition) is 2. The Labute approximate surface area is 119 Å². The lowest BCUT2D eigenvalue weighted by atomic mass is 9.98. The van der Waals surface area contributed by atoms with E-state index in [0.717, 1.165) is 5.75 Å². The van der Waals surface area contributed by atoms with Crippen molar-refractivity contribution in [1.29, 1.82) is 0 Å². The summed E-state index contributed by atoms with van der Waals surface area (Å²) < 4.78 is 0. The fourth-order valence-corrected chi connectivity index (χ4v) is 2.96. The standard InChI is InChI=1S/C15H23NO2S/c1-11(2)16-15(4,14(17)18)9-10-19-13-7-5-12(3)6-8-13/h5-8,11,16H,9-10H2,1-4H3,(H,17,18). The molecule has 2 N–H and O–H groups in total. The van der Waals surface area contributed by atoms with Crippen LogP contribution in [0.25, 0.3) is 0 Å². The first-order valence-corrected chi connectivity index (χ1v) is 7.52. The monoisotopic (exact) mass is 281 g/mol. The van der Waals surface area contributed by atoms with Crippen LogP contribution in [0.2, 0.25) is 0 Å². The van der Waals surface area contributed by atoms with Crippen molar-refractivity contribution < 1.29 is 9.90 Å². The number of thioether (sulfide) groups is 1.